The van der Waals surface area contributed by atoms with Crippen molar-refractivity contribution in [1.82, 2.24) is 10.3 Å². The second kappa shape index (κ2) is 4.51. The predicted molar refractivity (Wildman–Crippen MR) is 70.3 cm³/mol. The number of fused-ring (bicyclic) bond motifs is 1. The molecule has 1 aliphatic rings. The number of nitro groups is 1. The van der Waals surface area contributed by atoms with Gasteiger partial charge in [-0.3, -0.25) is 10.1 Å². The van der Waals surface area contributed by atoms with Crippen molar-refractivity contribution in [2.75, 3.05) is 24.5 Å². The molecule has 2 aromatic rings. The van der Waals surface area contributed by atoms with Crippen LogP contribution in [-0.4, -0.2) is 35.6 Å². The van der Waals surface area contributed by atoms with Crippen LogP contribution in [0.15, 0.2) is 22.6 Å². The van der Waals surface area contributed by atoms with E-state index >= 15 is 0 Å². The summed E-state index contributed by atoms with van der Waals surface area (Å²) in [6.45, 7) is 4.61. The maximum absolute atomic E-state index is 10.7. The smallest absolute Gasteiger partial charge is 0.298 e. The van der Waals surface area contributed by atoms with E-state index in [9.17, 15) is 10.1 Å². The van der Waals surface area contributed by atoms with E-state index in [1.54, 1.807) is 6.07 Å². The molecule has 1 aromatic carbocycles. The minimum Gasteiger partial charge on any atom is -0.423 e. The molecule has 7 heteroatoms. The Balaban J connectivity index is 1.94. The van der Waals surface area contributed by atoms with Crippen molar-refractivity contribution in [1.29, 1.82) is 0 Å². The fourth-order valence-electron chi connectivity index (χ4n) is 2.26. The maximum atomic E-state index is 10.7. The minimum absolute atomic E-state index is 0.0175. The van der Waals surface area contributed by atoms with Crippen LogP contribution in [0.4, 0.5) is 11.7 Å². The Labute approximate surface area is 109 Å². The van der Waals surface area contributed by atoms with E-state index in [1.807, 2.05) is 4.90 Å². The summed E-state index contributed by atoms with van der Waals surface area (Å²) >= 11 is 0. The lowest BCUT2D eigenvalue weighted by molar-refractivity contribution is -0.384. The number of rotatable bonds is 2. The molecule has 1 atom stereocenters. The van der Waals surface area contributed by atoms with E-state index in [0.29, 0.717) is 23.2 Å². The molecule has 0 bridgehead atoms. The topological polar surface area (TPSA) is 84.4 Å². The molecule has 19 heavy (non-hydrogen) atoms. The number of nitrogens with one attached hydrogen (secondary N) is 1. The highest BCUT2D eigenvalue weighted by atomic mass is 16.6. The fraction of sp³-hybridized carbons (Fsp3) is 0.417. The predicted octanol–water partition coefficient (Wildman–Crippen LogP) is 1.53. The highest BCUT2D eigenvalue weighted by Gasteiger charge is 2.21. The molecule has 1 N–H and O–H groups in total. The van der Waals surface area contributed by atoms with Crippen molar-refractivity contribution < 1.29 is 9.34 Å². The SMILES string of the molecule is C[C@@H]1CN(c2nc3ccc([N+](=O)[O-])cc3o2)CCN1. The van der Waals surface area contributed by atoms with Crippen LogP contribution in [0.25, 0.3) is 11.1 Å². The lowest BCUT2D eigenvalue weighted by atomic mass is 10.2. The Morgan fingerprint density at radius 1 is 1.58 bits per heavy atom. The summed E-state index contributed by atoms with van der Waals surface area (Å²) in [4.78, 5) is 16.7. The molecule has 1 aliphatic heterocycles. The van der Waals surface area contributed by atoms with Crippen molar-refractivity contribution >= 4 is 22.8 Å². The second-order valence-corrected chi connectivity index (χ2v) is 4.71. The summed E-state index contributed by atoms with van der Waals surface area (Å²) in [5.41, 5.74) is 1.12. The third kappa shape index (κ3) is 2.24. The van der Waals surface area contributed by atoms with Gasteiger partial charge in [-0.2, -0.15) is 4.98 Å². The Morgan fingerprint density at radius 3 is 3.16 bits per heavy atom. The Hall–Kier alpha value is -2.15. The van der Waals surface area contributed by atoms with Gasteiger partial charge in [-0.15, -0.1) is 0 Å². The quantitative estimate of drug-likeness (QED) is 0.652. The van der Waals surface area contributed by atoms with E-state index in [4.69, 9.17) is 4.42 Å². The molecule has 100 valence electrons. The van der Waals surface area contributed by atoms with Gasteiger partial charge in [-0.05, 0) is 13.0 Å². The summed E-state index contributed by atoms with van der Waals surface area (Å²) in [6.07, 6.45) is 0. The zero-order valence-corrected chi connectivity index (χ0v) is 10.5. The van der Waals surface area contributed by atoms with Crippen molar-refractivity contribution in [2.45, 2.75) is 13.0 Å². The third-order valence-electron chi connectivity index (χ3n) is 3.21. The van der Waals surface area contributed by atoms with Crippen LogP contribution >= 0.6 is 0 Å². The standard InChI is InChI=1S/C12H14N4O3/c1-8-7-15(5-4-13-8)12-14-10-3-2-9(16(17)18)6-11(10)19-12/h2-3,6,8,13H,4-5,7H2,1H3/t8-/m1/s1. The number of nitro benzene ring substituents is 1. The van der Waals surface area contributed by atoms with Gasteiger partial charge >= 0.3 is 0 Å². The average Bonchev–Trinajstić information content (AvgIpc) is 2.81. The molecule has 7 nitrogen and oxygen atoms in total. The van der Waals surface area contributed by atoms with Crippen LogP contribution < -0.4 is 10.2 Å². The zero-order valence-electron chi connectivity index (χ0n) is 10.5. The van der Waals surface area contributed by atoms with Crippen LogP contribution in [0.5, 0.6) is 0 Å². The molecule has 0 amide bonds. The first-order valence-corrected chi connectivity index (χ1v) is 6.17. The highest BCUT2D eigenvalue weighted by Crippen LogP contribution is 2.26. The minimum atomic E-state index is -0.436. The van der Waals surface area contributed by atoms with E-state index in [-0.39, 0.29) is 5.69 Å². The molecule has 0 saturated carbocycles. The largest absolute Gasteiger partial charge is 0.423 e. The molecule has 0 spiro atoms. The molecular weight excluding hydrogens is 248 g/mol. The normalized spacial score (nSPS) is 19.8. The van der Waals surface area contributed by atoms with Gasteiger partial charge in [0.25, 0.3) is 11.7 Å². The van der Waals surface area contributed by atoms with Gasteiger partial charge in [-0.25, -0.2) is 0 Å². The molecule has 1 fully saturated rings. The Bertz CT molecular complexity index is 624. The Morgan fingerprint density at radius 2 is 2.42 bits per heavy atom. The van der Waals surface area contributed by atoms with Gasteiger partial charge in [0.1, 0.15) is 5.52 Å². The van der Waals surface area contributed by atoms with Gasteiger partial charge < -0.3 is 14.6 Å². The summed E-state index contributed by atoms with van der Waals surface area (Å²) in [5, 5.41) is 14.1. The van der Waals surface area contributed by atoms with E-state index < -0.39 is 4.92 Å². The number of benzene rings is 1. The number of hydrogen-bond acceptors (Lipinski definition) is 6. The first-order valence-electron chi connectivity index (χ1n) is 6.17. The number of nitrogens with zero attached hydrogens (tertiary/aromatic N) is 3. The van der Waals surface area contributed by atoms with Gasteiger partial charge in [-0.1, -0.05) is 0 Å². The second-order valence-electron chi connectivity index (χ2n) is 4.71. The lowest BCUT2D eigenvalue weighted by Gasteiger charge is -2.30. The van der Waals surface area contributed by atoms with Crippen molar-refractivity contribution in [2.24, 2.45) is 0 Å². The van der Waals surface area contributed by atoms with E-state index in [1.165, 1.54) is 12.1 Å². The van der Waals surface area contributed by atoms with Gasteiger partial charge in [0, 0.05) is 31.7 Å². The van der Waals surface area contributed by atoms with Gasteiger partial charge in [0.2, 0.25) is 0 Å². The summed E-state index contributed by atoms with van der Waals surface area (Å²) in [6, 6.07) is 5.38. The third-order valence-corrected chi connectivity index (χ3v) is 3.21. The van der Waals surface area contributed by atoms with Crippen molar-refractivity contribution in [3.63, 3.8) is 0 Å². The molecule has 0 aliphatic carbocycles. The van der Waals surface area contributed by atoms with Crippen LogP contribution in [-0.2, 0) is 0 Å². The highest BCUT2D eigenvalue weighted by molar-refractivity contribution is 5.77. The fourth-order valence-corrected chi connectivity index (χ4v) is 2.26. The first-order chi connectivity index (χ1) is 9.13. The zero-order chi connectivity index (χ0) is 13.4. The molecule has 1 saturated heterocycles. The summed E-state index contributed by atoms with van der Waals surface area (Å²) < 4.78 is 5.63. The molecule has 2 heterocycles. The van der Waals surface area contributed by atoms with Gasteiger partial charge in [0.05, 0.1) is 11.0 Å². The first kappa shape index (κ1) is 11.9. The molecule has 0 unspecified atom stereocenters. The van der Waals surface area contributed by atoms with E-state index in [2.05, 4.69) is 17.2 Å². The van der Waals surface area contributed by atoms with E-state index in [0.717, 1.165) is 19.6 Å². The van der Waals surface area contributed by atoms with Gasteiger partial charge in [0.15, 0.2) is 5.58 Å². The number of hydrogen-bond donors (Lipinski definition) is 1. The molecule has 3 rings (SSSR count). The molecular formula is C12H14N4O3. The van der Waals surface area contributed by atoms with Crippen LogP contribution in [0.1, 0.15) is 6.92 Å². The van der Waals surface area contributed by atoms with Crippen LogP contribution in [0, 0.1) is 10.1 Å². The average molecular weight is 262 g/mol. The number of aromatic nitrogens is 1. The monoisotopic (exact) mass is 262 g/mol. The molecule has 0 radical (unpaired) electrons. The van der Waals surface area contributed by atoms with Crippen molar-refractivity contribution in [3.8, 4) is 0 Å². The number of anilines is 1. The van der Waals surface area contributed by atoms with Crippen molar-refractivity contribution in [3.05, 3.63) is 28.3 Å². The van der Waals surface area contributed by atoms with Crippen LogP contribution in [0.3, 0.4) is 0 Å². The lowest BCUT2D eigenvalue weighted by Crippen LogP contribution is -2.49. The maximum Gasteiger partial charge on any atom is 0.298 e. The number of piperazine rings is 1. The summed E-state index contributed by atoms with van der Waals surface area (Å²) in [5.74, 6) is 0. The Kier molecular flexibility index (Phi) is 2.83. The molecule has 1 aromatic heterocycles. The number of oxazole rings is 1. The van der Waals surface area contributed by atoms with Crippen LogP contribution in [0.2, 0.25) is 0 Å². The number of non-ortho nitro benzene ring substituents is 1. The summed E-state index contributed by atoms with van der Waals surface area (Å²) in [7, 11) is 0.